The molecule has 0 heterocycles. The van der Waals surface area contributed by atoms with Crippen LogP contribution in [0.15, 0.2) is 35.2 Å². The molecule has 1 N–H and O–H groups in total. The highest BCUT2D eigenvalue weighted by molar-refractivity contribution is 7.99. The standard InChI is InChI=1S/C13H21NS/c1-13(2,3)12(14-4)10-15-11-8-6-5-7-9-11/h5-9,12,14H,10H2,1-4H3. The molecule has 2 heteroatoms. The highest BCUT2D eigenvalue weighted by Gasteiger charge is 2.22. The Kier molecular flexibility index (Phi) is 4.68. The van der Waals surface area contributed by atoms with Gasteiger partial charge in [-0.05, 0) is 24.6 Å². The first-order valence-corrected chi connectivity index (χ1v) is 6.37. The summed E-state index contributed by atoms with van der Waals surface area (Å²) in [6.45, 7) is 6.83. The molecule has 1 nitrogen and oxygen atoms in total. The molecule has 1 rings (SSSR count). The van der Waals surface area contributed by atoms with Gasteiger partial charge in [0.2, 0.25) is 0 Å². The van der Waals surface area contributed by atoms with Gasteiger partial charge < -0.3 is 5.32 Å². The number of thioether (sulfide) groups is 1. The van der Waals surface area contributed by atoms with Gasteiger partial charge in [0.05, 0.1) is 0 Å². The molecule has 1 unspecified atom stereocenters. The third-order valence-electron chi connectivity index (χ3n) is 2.55. The molecule has 0 amide bonds. The van der Waals surface area contributed by atoms with Gasteiger partial charge in [-0.15, -0.1) is 11.8 Å². The average Bonchev–Trinajstić information content (AvgIpc) is 2.18. The number of rotatable bonds is 4. The van der Waals surface area contributed by atoms with Crippen LogP contribution >= 0.6 is 11.8 Å². The zero-order valence-corrected chi connectivity index (χ0v) is 10.9. The van der Waals surface area contributed by atoms with Crippen molar-refractivity contribution < 1.29 is 0 Å². The highest BCUT2D eigenvalue weighted by Crippen LogP contribution is 2.26. The quantitative estimate of drug-likeness (QED) is 0.785. The van der Waals surface area contributed by atoms with Crippen LogP contribution in [-0.2, 0) is 0 Å². The minimum absolute atomic E-state index is 0.316. The van der Waals surface area contributed by atoms with Gasteiger partial charge in [0, 0.05) is 16.7 Å². The normalized spacial score (nSPS) is 13.9. The van der Waals surface area contributed by atoms with Crippen molar-refractivity contribution in [3.8, 4) is 0 Å². The largest absolute Gasteiger partial charge is 0.316 e. The SMILES string of the molecule is CNC(CSc1ccccc1)C(C)(C)C. The Hall–Kier alpha value is -0.470. The molecule has 0 saturated heterocycles. The molecule has 0 saturated carbocycles. The Morgan fingerprint density at radius 1 is 1.20 bits per heavy atom. The number of benzene rings is 1. The molecule has 1 aromatic carbocycles. The maximum Gasteiger partial charge on any atom is 0.0207 e. The van der Waals surface area contributed by atoms with E-state index in [4.69, 9.17) is 0 Å². The van der Waals surface area contributed by atoms with Gasteiger partial charge in [0.25, 0.3) is 0 Å². The van der Waals surface area contributed by atoms with Crippen molar-refractivity contribution >= 4 is 11.8 Å². The average molecular weight is 223 g/mol. The Labute approximate surface area is 97.7 Å². The summed E-state index contributed by atoms with van der Waals surface area (Å²) in [5.41, 5.74) is 0.316. The molecule has 0 bridgehead atoms. The maximum absolute atomic E-state index is 3.39. The van der Waals surface area contributed by atoms with Crippen LogP contribution in [0.4, 0.5) is 0 Å². The van der Waals surface area contributed by atoms with Gasteiger partial charge in [-0.3, -0.25) is 0 Å². The van der Waals surface area contributed by atoms with Gasteiger partial charge in [-0.25, -0.2) is 0 Å². The highest BCUT2D eigenvalue weighted by atomic mass is 32.2. The van der Waals surface area contributed by atoms with Crippen molar-refractivity contribution in [3.63, 3.8) is 0 Å². The summed E-state index contributed by atoms with van der Waals surface area (Å²) < 4.78 is 0. The van der Waals surface area contributed by atoms with Crippen LogP contribution in [0.25, 0.3) is 0 Å². The number of nitrogens with one attached hydrogen (secondary N) is 1. The van der Waals surface area contributed by atoms with Crippen molar-refractivity contribution in [2.24, 2.45) is 5.41 Å². The molecule has 0 aliphatic heterocycles. The molecule has 0 aromatic heterocycles. The lowest BCUT2D eigenvalue weighted by Gasteiger charge is -2.30. The third-order valence-corrected chi connectivity index (χ3v) is 3.66. The van der Waals surface area contributed by atoms with E-state index >= 15 is 0 Å². The van der Waals surface area contributed by atoms with Crippen molar-refractivity contribution in [2.45, 2.75) is 31.7 Å². The summed E-state index contributed by atoms with van der Waals surface area (Å²) in [7, 11) is 2.04. The monoisotopic (exact) mass is 223 g/mol. The van der Waals surface area contributed by atoms with Crippen molar-refractivity contribution in [3.05, 3.63) is 30.3 Å². The molecule has 15 heavy (non-hydrogen) atoms. The van der Waals surface area contributed by atoms with Crippen LogP contribution in [-0.4, -0.2) is 18.8 Å². The second-order valence-electron chi connectivity index (χ2n) is 4.83. The molecule has 0 spiro atoms. The van der Waals surface area contributed by atoms with E-state index in [1.54, 1.807) is 0 Å². The molecule has 1 atom stereocenters. The zero-order valence-electron chi connectivity index (χ0n) is 10.1. The van der Waals surface area contributed by atoms with Crippen LogP contribution in [0, 0.1) is 5.41 Å². The molecule has 84 valence electrons. The van der Waals surface area contributed by atoms with Crippen molar-refractivity contribution in [1.82, 2.24) is 5.32 Å². The van der Waals surface area contributed by atoms with Crippen molar-refractivity contribution in [1.29, 1.82) is 0 Å². The molecular weight excluding hydrogens is 202 g/mol. The Morgan fingerprint density at radius 3 is 2.27 bits per heavy atom. The van der Waals surface area contributed by atoms with Gasteiger partial charge >= 0.3 is 0 Å². The third kappa shape index (κ3) is 4.27. The molecule has 1 aromatic rings. The van der Waals surface area contributed by atoms with Gasteiger partial charge in [-0.2, -0.15) is 0 Å². The van der Waals surface area contributed by atoms with E-state index in [0.29, 0.717) is 11.5 Å². The van der Waals surface area contributed by atoms with E-state index in [1.165, 1.54) is 4.90 Å². The summed E-state index contributed by atoms with van der Waals surface area (Å²) in [5, 5.41) is 3.39. The van der Waals surface area contributed by atoms with Crippen molar-refractivity contribution in [2.75, 3.05) is 12.8 Å². The van der Waals surface area contributed by atoms with E-state index in [-0.39, 0.29) is 0 Å². The summed E-state index contributed by atoms with van der Waals surface area (Å²) >= 11 is 1.92. The first-order chi connectivity index (χ1) is 7.04. The van der Waals surface area contributed by atoms with Crippen LogP contribution in [0.1, 0.15) is 20.8 Å². The lowest BCUT2D eigenvalue weighted by molar-refractivity contribution is 0.305. The minimum Gasteiger partial charge on any atom is -0.316 e. The Balaban J connectivity index is 2.49. The summed E-state index contributed by atoms with van der Waals surface area (Å²) in [4.78, 5) is 1.35. The molecule has 0 aliphatic carbocycles. The second kappa shape index (κ2) is 5.57. The lowest BCUT2D eigenvalue weighted by atomic mass is 9.88. The lowest BCUT2D eigenvalue weighted by Crippen LogP contribution is -2.40. The number of hydrogen-bond acceptors (Lipinski definition) is 2. The fraction of sp³-hybridized carbons (Fsp3) is 0.538. The fourth-order valence-corrected chi connectivity index (χ4v) is 2.84. The van der Waals surface area contributed by atoms with E-state index in [9.17, 15) is 0 Å². The molecule has 0 radical (unpaired) electrons. The van der Waals surface area contributed by atoms with Gasteiger partial charge in [-0.1, -0.05) is 39.0 Å². The smallest absolute Gasteiger partial charge is 0.0207 e. The first kappa shape index (κ1) is 12.6. The fourth-order valence-electron chi connectivity index (χ4n) is 1.46. The van der Waals surface area contributed by atoms with Crippen LogP contribution in [0.5, 0.6) is 0 Å². The van der Waals surface area contributed by atoms with Crippen LogP contribution < -0.4 is 5.32 Å². The van der Waals surface area contributed by atoms with E-state index < -0.39 is 0 Å². The maximum atomic E-state index is 3.39. The van der Waals surface area contributed by atoms with Gasteiger partial charge in [0.15, 0.2) is 0 Å². The second-order valence-corrected chi connectivity index (χ2v) is 5.92. The summed E-state index contributed by atoms with van der Waals surface area (Å²) in [5.74, 6) is 1.12. The zero-order chi connectivity index (χ0) is 11.3. The van der Waals surface area contributed by atoms with E-state index in [0.717, 1.165) is 5.75 Å². The number of hydrogen-bond donors (Lipinski definition) is 1. The van der Waals surface area contributed by atoms with E-state index in [1.807, 2.05) is 18.8 Å². The minimum atomic E-state index is 0.316. The first-order valence-electron chi connectivity index (χ1n) is 5.39. The predicted molar refractivity (Wildman–Crippen MR) is 69.5 cm³/mol. The summed E-state index contributed by atoms with van der Waals surface area (Å²) in [6, 6.07) is 11.1. The molecular formula is C13H21NS. The topological polar surface area (TPSA) is 12.0 Å². The summed E-state index contributed by atoms with van der Waals surface area (Å²) in [6.07, 6.45) is 0. The van der Waals surface area contributed by atoms with E-state index in [2.05, 4.69) is 56.4 Å². The Morgan fingerprint density at radius 2 is 1.80 bits per heavy atom. The predicted octanol–water partition coefficient (Wildman–Crippen LogP) is 3.41. The Bertz CT molecular complexity index is 276. The molecule has 0 fully saturated rings. The van der Waals surface area contributed by atoms with Crippen LogP contribution in [0.2, 0.25) is 0 Å². The van der Waals surface area contributed by atoms with Crippen LogP contribution in [0.3, 0.4) is 0 Å². The van der Waals surface area contributed by atoms with Gasteiger partial charge in [0.1, 0.15) is 0 Å². The molecule has 0 aliphatic rings.